The van der Waals surface area contributed by atoms with Gasteiger partial charge in [-0.2, -0.15) is 0 Å². The van der Waals surface area contributed by atoms with Gasteiger partial charge in [0.15, 0.2) is 0 Å². The lowest BCUT2D eigenvalue weighted by Crippen LogP contribution is -2.42. The molecule has 0 aliphatic carbocycles. The number of nitrogens with one attached hydrogen (secondary N) is 1. The summed E-state index contributed by atoms with van der Waals surface area (Å²) in [7, 11) is 0. The average Bonchev–Trinajstić information content (AvgIpc) is 2.74. The van der Waals surface area contributed by atoms with Gasteiger partial charge in [-0.15, -0.1) is 0 Å². The summed E-state index contributed by atoms with van der Waals surface area (Å²) in [5, 5.41) is 0. The standard InChI is InChI=1S/C22H25FN4O3/c1-14(28)26-11-9-16-18(13-26)24-21(25-22(16)30)19-8-4-5-10-27(19)20(29)12-15-6-2-3-7-17(15)23/h2-3,6-7,19H,4-5,8-13H2,1H3,(H,24,25,30). The van der Waals surface area contributed by atoms with Crippen LogP contribution in [0.2, 0.25) is 0 Å². The van der Waals surface area contributed by atoms with E-state index in [-0.39, 0.29) is 29.8 Å². The van der Waals surface area contributed by atoms with E-state index in [9.17, 15) is 18.8 Å². The van der Waals surface area contributed by atoms with E-state index in [1.807, 2.05) is 0 Å². The summed E-state index contributed by atoms with van der Waals surface area (Å²) >= 11 is 0. The first-order chi connectivity index (χ1) is 14.4. The third kappa shape index (κ3) is 3.99. The highest BCUT2D eigenvalue weighted by atomic mass is 19.1. The minimum atomic E-state index is -0.399. The van der Waals surface area contributed by atoms with Crippen LogP contribution in [0.15, 0.2) is 29.1 Å². The van der Waals surface area contributed by atoms with Gasteiger partial charge < -0.3 is 14.8 Å². The van der Waals surface area contributed by atoms with Crippen LogP contribution in [0.1, 0.15) is 54.9 Å². The summed E-state index contributed by atoms with van der Waals surface area (Å²) < 4.78 is 14.0. The highest BCUT2D eigenvalue weighted by Crippen LogP contribution is 2.30. The zero-order chi connectivity index (χ0) is 21.3. The first-order valence-corrected chi connectivity index (χ1v) is 10.3. The quantitative estimate of drug-likeness (QED) is 0.837. The maximum atomic E-state index is 14.0. The second kappa shape index (κ2) is 8.38. The summed E-state index contributed by atoms with van der Waals surface area (Å²) in [5.74, 6) is -0.186. The minimum Gasteiger partial charge on any atom is -0.337 e. The lowest BCUT2D eigenvalue weighted by Gasteiger charge is -2.36. The van der Waals surface area contributed by atoms with Crippen molar-refractivity contribution in [3.8, 4) is 0 Å². The molecule has 1 fully saturated rings. The van der Waals surface area contributed by atoms with Gasteiger partial charge in [-0.25, -0.2) is 9.37 Å². The molecule has 3 heterocycles. The molecule has 0 radical (unpaired) electrons. The van der Waals surface area contributed by atoms with Gasteiger partial charge >= 0.3 is 0 Å². The number of rotatable bonds is 3. The number of benzene rings is 1. The number of hydrogen-bond acceptors (Lipinski definition) is 4. The molecule has 2 amide bonds. The fourth-order valence-electron chi connectivity index (χ4n) is 4.31. The Morgan fingerprint density at radius 1 is 1.23 bits per heavy atom. The second-order valence-electron chi connectivity index (χ2n) is 7.93. The van der Waals surface area contributed by atoms with E-state index in [1.165, 1.54) is 13.0 Å². The van der Waals surface area contributed by atoms with Crippen molar-refractivity contribution in [1.29, 1.82) is 0 Å². The first kappa shape index (κ1) is 20.3. The zero-order valence-electron chi connectivity index (χ0n) is 17.0. The molecule has 1 N–H and O–H groups in total. The molecule has 7 nitrogen and oxygen atoms in total. The van der Waals surface area contributed by atoms with Gasteiger partial charge in [0, 0.05) is 25.6 Å². The number of amides is 2. The lowest BCUT2D eigenvalue weighted by atomic mass is 9.99. The number of likely N-dealkylation sites (tertiary alicyclic amines) is 1. The lowest BCUT2D eigenvalue weighted by molar-refractivity contribution is -0.134. The maximum absolute atomic E-state index is 14.0. The maximum Gasteiger partial charge on any atom is 0.254 e. The van der Waals surface area contributed by atoms with Crippen molar-refractivity contribution < 1.29 is 14.0 Å². The van der Waals surface area contributed by atoms with Gasteiger partial charge in [-0.05, 0) is 37.3 Å². The number of nitrogens with zero attached hydrogens (tertiary/aromatic N) is 3. The van der Waals surface area contributed by atoms with Crippen molar-refractivity contribution in [3.05, 3.63) is 63.1 Å². The average molecular weight is 412 g/mol. The number of fused-ring (bicyclic) bond motifs is 1. The number of piperidine rings is 1. The van der Waals surface area contributed by atoms with Crippen molar-refractivity contribution >= 4 is 11.8 Å². The van der Waals surface area contributed by atoms with Crippen LogP contribution in [-0.2, 0) is 29.0 Å². The van der Waals surface area contributed by atoms with E-state index in [2.05, 4.69) is 9.97 Å². The van der Waals surface area contributed by atoms with Gasteiger partial charge in [-0.3, -0.25) is 14.4 Å². The molecule has 1 unspecified atom stereocenters. The van der Waals surface area contributed by atoms with Crippen LogP contribution in [0.5, 0.6) is 0 Å². The van der Waals surface area contributed by atoms with E-state index in [4.69, 9.17) is 0 Å². The summed E-state index contributed by atoms with van der Waals surface area (Å²) in [5.41, 5.74) is 1.36. The number of hydrogen-bond donors (Lipinski definition) is 1. The molecular formula is C22H25FN4O3. The SMILES string of the molecule is CC(=O)N1CCc2c(nc(C3CCCCN3C(=O)Cc3ccccc3F)[nH]c2=O)C1. The van der Waals surface area contributed by atoms with E-state index in [1.54, 1.807) is 28.0 Å². The highest BCUT2D eigenvalue weighted by molar-refractivity contribution is 5.79. The summed E-state index contributed by atoms with van der Waals surface area (Å²) in [4.78, 5) is 48.3. The Morgan fingerprint density at radius 2 is 2.03 bits per heavy atom. The molecular weight excluding hydrogens is 387 g/mol. The number of H-pyrrole nitrogens is 1. The Morgan fingerprint density at radius 3 is 2.80 bits per heavy atom. The van der Waals surface area contributed by atoms with E-state index >= 15 is 0 Å². The van der Waals surface area contributed by atoms with Gasteiger partial charge in [0.1, 0.15) is 11.6 Å². The number of aromatic nitrogens is 2. The van der Waals surface area contributed by atoms with Crippen molar-refractivity contribution in [1.82, 2.24) is 19.8 Å². The van der Waals surface area contributed by atoms with Crippen molar-refractivity contribution in [2.75, 3.05) is 13.1 Å². The molecule has 8 heteroatoms. The van der Waals surface area contributed by atoms with Crippen LogP contribution in [-0.4, -0.2) is 44.7 Å². The van der Waals surface area contributed by atoms with Crippen molar-refractivity contribution in [2.45, 2.75) is 51.6 Å². The molecule has 1 aromatic carbocycles. The van der Waals surface area contributed by atoms with Crippen LogP contribution in [0.4, 0.5) is 4.39 Å². The molecule has 1 aromatic heterocycles. The summed E-state index contributed by atoms with van der Waals surface area (Å²) in [6.45, 7) is 2.85. The van der Waals surface area contributed by atoms with Crippen LogP contribution in [0, 0.1) is 5.82 Å². The fourth-order valence-corrected chi connectivity index (χ4v) is 4.31. The van der Waals surface area contributed by atoms with E-state index < -0.39 is 5.82 Å². The van der Waals surface area contributed by atoms with Crippen LogP contribution >= 0.6 is 0 Å². The van der Waals surface area contributed by atoms with Crippen LogP contribution < -0.4 is 5.56 Å². The topological polar surface area (TPSA) is 86.4 Å². The molecule has 2 aliphatic heterocycles. The Labute approximate surface area is 173 Å². The molecule has 1 saturated heterocycles. The van der Waals surface area contributed by atoms with Gasteiger partial charge in [-0.1, -0.05) is 18.2 Å². The molecule has 1 atom stereocenters. The molecule has 2 aromatic rings. The van der Waals surface area contributed by atoms with E-state index in [0.29, 0.717) is 55.1 Å². The Bertz CT molecular complexity index is 1040. The predicted octanol–water partition coefficient (Wildman–Crippen LogP) is 2.11. The normalized spacial score (nSPS) is 18.8. The molecule has 2 aliphatic rings. The number of carbonyl (C=O) groups excluding carboxylic acids is 2. The molecule has 30 heavy (non-hydrogen) atoms. The van der Waals surface area contributed by atoms with Crippen molar-refractivity contribution in [3.63, 3.8) is 0 Å². The van der Waals surface area contributed by atoms with Gasteiger partial charge in [0.05, 0.1) is 24.7 Å². The third-order valence-corrected chi connectivity index (χ3v) is 5.98. The van der Waals surface area contributed by atoms with Crippen LogP contribution in [0.25, 0.3) is 0 Å². The predicted molar refractivity (Wildman–Crippen MR) is 108 cm³/mol. The fraction of sp³-hybridized carbons (Fsp3) is 0.455. The third-order valence-electron chi connectivity index (χ3n) is 5.98. The monoisotopic (exact) mass is 412 g/mol. The number of aromatic amines is 1. The number of halogens is 1. The van der Waals surface area contributed by atoms with Crippen molar-refractivity contribution in [2.24, 2.45) is 0 Å². The number of carbonyl (C=O) groups is 2. The molecule has 158 valence electrons. The Hall–Kier alpha value is -3.03. The Balaban J connectivity index is 1.61. The largest absolute Gasteiger partial charge is 0.337 e. The Kier molecular flexibility index (Phi) is 5.65. The second-order valence-corrected chi connectivity index (χ2v) is 7.93. The smallest absolute Gasteiger partial charge is 0.254 e. The van der Waals surface area contributed by atoms with Gasteiger partial charge in [0.25, 0.3) is 5.56 Å². The zero-order valence-corrected chi connectivity index (χ0v) is 17.0. The van der Waals surface area contributed by atoms with Gasteiger partial charge in [0.2, 0.25) is 11.8 Å². The summed E-state index contributed by atoms with van der Waals surface area (Å²) in [6.07, 6.45) is 2.89. The minimum absolute atomic E-state index is 0.0313. The van der Waals surface area contributed by atoms with Crippen LogP contribution in [0.3, 0.4) is 0 Å². The first-order valence-electron chi connectivity index (χ1n) is 10.3. The highest BCUT2D eigenvalue weighted by Gasteiger charge is 2.32. The summed E-state index contributed by atoms with van der Waals surface area (Å²) in [6, 6.07) is 5.91. The molecule has 4 rings (SSSR count). The molecule has 0 saturated carbocycles. The van der Waals surface area contributed by atoms with E-state index in [0.717, 1.165) is 12.8 Å². The molecule has 0 spiro atoms. The molecule has 0 bridgehead atoms.